The van der Waals surface area contributed by atoms with Gasteiger partial charge in [0, 0.05) is 47.5 Å². The molecule has 0 bridgehead atoms. The largest absolute Gasteiger partial charge is 0.344 e. The molecule has 4 heteroatoms. The van der Waals surface area contributed by atoms with E-state index in [1.54, 1.807) is 0 Å². The molecule has 4 aromatic carbocycles. The van der Waals surface area contributed by atoms with Crippen molar-refractivity contribution >= 4 is 38.6 Å². The maximum Gasteiger partial charge on any atom is 0.210 e. The van der Waals surface area contributed by atoms with Crippen molar-refractivity contribution in [3.05, 3.63) is 132 Å². The van der Waals surface area contributed by atoms with Crippen molar-refractivity contribution in [2.45, 2.75) is 51.4 Å². The molecule has 6 rings (SSSR count). The predicted molar refractivity (Wildman–Crippen MR) is 222 cm³/mol. The van der Waals surface area contributed by atoms with E-state index < -0.39 is 0 Å². The third kappa shape index (κ3) is 7.54. The highest BCUT2D eigenvalue weighted by atomic mass is 15.3. The van der Waals surface area contributed by atoms with E-state index in [1.807, 2.05) is 0 Å². The summed E-state index contributed by atoms with van der Waals surface area (Å²) in [6.45, 7) is 13.9. The molecule has 0 N–H and O–H groups in total. The van der Waals surface area contributed by atoms with E-state index in [2.05, 4.69) is 195 Å². The molecule has 0 unspecified atom stereocenters. The van der Waals surface area contributed by atoms with Gasteiger partial charge in [-0.25, -0.2) is 0 Å². The summed E-state index contributed by atoms with van der Waals surface area (Å²) in [6, 6.07) is 27.0. The fraction of sp³-hybridized carbons (Fsp3) is 0.383. The zero-order valence-electron chi connectivity index (χ0n) is 33.0. The molecule has 0 spiro atoms. The fourth-order valence-corrected chi connectivity index (χ4v) is 8.44. The van der Waals surface area contributed by atoms with E-state index in [1.165, 1.54) is 55.5 Å². The van der Waals surface area contributed by atoms with Crippen molar-refractivity contribution < 1.29 is 13.5 Å². The molecule has 0 aliphatic carbocycles. The lowest BCUT2D eigenvalue weighted by molar-refractivity contribution is -0.871. The van der Waals surface area contributed by atoms with Crippen molar-refractivity contribution in [3.63, 3.8) is 0 Å². The van der Waals surface area contributed by atoms with Crippen LogP contribution in [-0.4, -0.2) is 87.7 Å². The summed E-state index contributed by atoms with van der Waals surface area (Å²) in [5.74, 6) is 0. The van der Waals surface area contributed by atoms with Crippen LogP contribution in [0.4, 0.5) is 11.4 Å². The maximum absolute atomic E-state index is 2.58. The molecule has 0 aromatic heterocycles. The average Bonchev–Trinajstić information content (AvgIpc) is 3.41. The van der Waals surface area contributed by atoms with Crippen molar-refractivity contribution in [3.8, 4) is 0 Å². The Hall–Kier alpha value is -4.25. The first-order valence-electron chi connectivity index (χ1n) is 18.9. The van der Waals surface area contributed by atoms with Crippen molar-refractivity contribution in [2.75, 3.05) is 73.4 Å². The number of quaternary nitrogens is 2. The van der Waals surface area contributed by atoms with Crippen molar-refractivity contribution in [1.29, 1.82) is 0 Å². The first-order chi connectivity index (χ1) is 24.1. The molecule has 0 saturated carbocycles. The standard InChI is InChI=1S/C47H61N4/c1-46(2)42(48(32-20-34-50(5,6)7)40-30-28-36-22-16-18-24-38(36)44(40)46)26-14-12-11-13-15-27-43-47(3,4)45-39-25-19-17-23-37(39)29-31-41(45)49(43)33-21-35-51(8,9)10/h11-19,22-31H,20-21,32-35H2,1-10H3/q+3. The van der Waals surface area contributed by atoms with Crippen LogP contribution in [0.25, 0.3) is 21.5 Å². The molecular formula is C47H61N4+3. The number of benzene rings is 4. The molecule has 4 nitrogen and oxygen atoms in total. The van der Waals surface area contributed by atoms with Gasteiger partial charge in [-0.3, -0.25) is 0 Å². The van der Waals surface area contributed by atoms with Crippen LogP contribution in [0.3, 0.4) is 0 Å². The van der Waals surface area contributed by atoms with Gasteiger partial charge in [-0.2, -0.15) is 4.58 Å². The second-order valence-electron chi connectivity index (χ2n) is 17.7. The predicted octanol–water partition coefficient (Wildman–Crippen LogP) is 9.91. The van der Waals surface area contributed by atoms with Crippen LogP contribution in [0.2, 0.25) is 0 Å². The van der Waals surface area contributed by atoms with Gasteiger partial charge in [0.25, 0.3) is 0 Å². The molecule has 266 valence electrons. The summed E-state index contributed by atoms with van der Waals surface area (Å²) in [7, 11) is 13.7. The van der Waals surface area contributed by atoms with Crippen molar-refractivity contribution in [2.24, 2.45) is 0 Å². The Labute approximate surface area is 308 Å². The SMILES string of the molecule is CC1(C)C(/C=C/C=C/C=C/C=C2/N(CCC[N+](C)(C)C)c3ccc4ccccc4c3C2(C)C)=[N+](CCC[N+](C)(C)C)c2ccc3ccccc3c21. The highest BCUT2D eigenvalue weighted by Gasteiger charge is 2.45. The number of anilines is 1. The van der Waals surface area contributed by atoms with Gasteiger partial charge in [0.05, 0.1) is 67.2 Å². The zero-order chi connectivity index (χ0) is 36.6. The first kappa shape index (κ1) is 36.5. The molecule has 0 radical (unpaired) electrons. The van der Waals surface area contributed by atoms with Gasteiger partial charge in [-0.1, -0.05) is 98.8 Å². The average molecular weight is 682 g/mol. The van der Waals surface area contributed by atoms with E-state index >= 15 is 0 Å². The molecule has 2 aliphatic heterocycles. The van der Waals surface area contributed by atoms with E-state index in [9.17, 15) is 0 Å². The quantitative estimate of drug-likeness (QED) is 0.0820. The van der Waals surface area contributed by atoms with Gasteiger partial charge in [0.15, 0.2) is 12.3 Å². The third-order valence-corrected chi connectivity index (χ3v) is 10.9. The molecule has 4 aromatic rings. The summed E-state index contributed by atoms with van der Waals surface area (Å²) in [6.07, 6.45) is 18.0. The van der Waals surface area contributed by atoms with Gasteiger partial charge in [0.2, 0.25) is 5.69 Å². The van der Waals surface area contributed by atoms with Crippen LogP contribution in [0.1, 0.15) is 51.7 Å². The molecule has 0 saturated heterocycles. The number of nitrogens with zero attached hydrogens (tertiary/aromatic N) is 4. The Kier molecular flexibility index (Phi) is 10.1. The number of hydrogen-bond donors (Lipinski definition) is 0. The third-order valence-electron chi connectivity index (χ3n) is 10.9. The Morgan fingerprint density at radius 1 is 0.608 bits per heavy atom. The highest BCUT2D eigenvalue weighted by molar-refractivity contribution is 6.07. The topological polar surface area (TPSA) is 6.25 Å². The zero-order valence-corrected chi connectivity index (χ0v) is 33.0. The van der Waals surface area contributed by atoms with E-state index in [4.69, 9.17) is 0 Å². The molecule has 0 fully saturated rings. The van der Waals surface area contributed by atoms with Crippen LogP contribution >= 0.6 is 0 Å². The summed E-state index contributed by atoms with van der Waals surface area (Å²) >= 11 is 0. The molecular weight excluding hydrogens is 621 g/mol. The smallest absolute Gasteiger partial charge is 0.210 e. The molecule has 2 heterocycles. The summed E-state index contributed by atoms with van der Waals surface area (Å²) in [4.78, 5) is 2.58. The minimum atomic E-state index is -0.0973. The minimum absolute atomic E-state index is 0.0973. The highest BCUT2D eigenvalue weighted by Crippen LogP contribution is 2.51. The van der Waals surface area contributed by atoms with Gasteiger partial charge < -0.3 is 13.9 Å². The monoisotopic (exact) mass is 681 g/mol. The maximum atomic E-state index is 2.58. The van der Waals surface area contributed by atoms with E-state index in [-0.39, 0.29) is 10.8 Å². The van der Waals surface area contributed by atoms with E-state index in [0.717, 1.165) is 48.0 Å². The van der Waals surface area contributed by atoms with Gasteiger partial charge in [-0.05, 0) is 59.2 Å². The lowest BCUT2D eigenvalue weighted by Crippen LogP contribution is -2.37. The van der Waals surface area contributed by atoms with Crippen LogP contribution < -0.4 is 4.90 Å². The lowest BCUT2D eigenvalue weighted by Gasteiger charge is -2.29. The van der Waals surface area contributed by atoms with Crippen LogP contribution in [0, 0.1) is 0 Å². The summed E-state index contributed by atoms with van der Waals surface area (Å²) in [5, 5.41) is 5.35. The Morgan fingerprint density at radius 3 is 1.84 bits per heavy atom. The first-order valence-corrected chi connectivity index (χ1v) is 18.9. The van der Waals surface area contributed by atoms with Crippen molar-refractivity contribution in [1.82, 2.24) is 0 Å². The molecule has 0 amide bonds. The Morgan fingerprint density at radius 2 is 1.18 bits per heavy atom. The lowest BCUT2D eigenvalue weighted by atomic mass is 9.79. The molecule has 51 heavy (non-hydrogen) atoms. The number of allylic oxidation sites excluding steroid dienone is 8. The van der Waals surface area contributed by atoms with E-state index in [0.29, 0.717) is 0 Å². The van der Waals surface area contributed by atoms with Crippen LogP contribution in [0.15, 0.2) is 121 Å². The van der Waals surface area contributed by atoms with Crippen LogP contribution in [-0.2, 0) is 10.8 Å². The minimum Gasteiger partial charge on any atom is -0.344 e. The fourth-order valence-electron chi connectivity index (χ4n) is 8.44. The summed E-state index contributed by atoms with van der Waals surface area (Å²) in [5.41, 5.74) is 8.14. The molecule has 2 aliphatic rings. The second-order valence-corrected chi connectivity index (χ2v) is 17.7. The Balaban J connectivity index is 1.26. The normalized spacial score (nSPS) is 18.1. The summed E-state index contributed by atoms with van der Waals surface area (Å²) < 4.78 is 4.54. The molecule has 0 atom stereocenters. The van der Waals surface area contributed by atoms with Gasteiger partial charge >= 0.3 is 0 Å². The number of fused-ring (bicyclic) bond motifs is 6. The number of rotatable bonds is 12. The van der Waals surface area contributed by atoms with Crippen LogP contribution in [0.5, 0.6) is 0 Å². The second kappa shape index (κ2) is 14.1. The van der Waals surface area contributed by atoms with Gasteiger partial charge in [0.1, 0.15) is 0 Å². The number of hydrogen-bond acceptors (Lipinski definition) is 1. The Bertz CT molecular complexity index is 2070. The van der Waals surface area contributed by atoms with Gasteiger partial charge in [-0.15, -0.1) is 0 Å².